The van der Waals surface area contributed by atoms with Crippen molar-refractivity contribution in [2.75, 3.05) is 37.6 Å². The van der Waals surface area contributed by atoms with Crippen LogP contribution in [0.25, 0.3) is 0 Å². The van der Waals surface area contributed by atoms with E-state index < -0.39 is 0 Å². The zero-order chi connectivity index (χ0) is 12.3. The Kier molecular flexibility index (Phi) is 3.92. The Morgan fingerprint density at radius 3 is 2.59 bits per heavy atom. The van der Waals surface area contributed by atoms with Gasteiger partial charge in [0.15, 0.2) is 0 Å². The predicted molar refractivity (Wildman–Crippen MR) is 68.3 cm³/mol. The molecule has 0 bridgehead atoms. The van der Waals surface area contributed by atoms with Crippen LogP contribution < -0.4 is 4.90 Å². The Morgan fingerprint density at radius 1 is 1.35 bits per heavy atom. The fraction of sp³-hybridized carbons (Fsp3) is 0.727. The van der Waals surface area contributed by atoms with Crippen molar-refractivity contribution < 1.29 is 0 Å². The summed E-state index contributed by atoms with van der Waals surface area (Å²) in [5.41, 5.74) is 0. The van der Waals surface area contributed by atoms with E-state index in [9.17, 15) is 0 Å². The van der Waals surface area contributed by atoms with Crippen molar-refractivity contribution in [2.24, 2.45) is 0 Å². The molecule has 1 fully saturated rings. The molecule has 5 nitrogen and oxygen atoms in total. The Hall–Kier alpha value is -1.19. The predicted octanol–water partition coefficient (Wildman–Crippen LogP) is 1.31. The highest BCUT2D eigenvalue weighted by molar-refractivity contribution is 7.09. The van der Waals surface area contributed by atoms with E-state index in [2.05, 4.69) is 39.1 Å². The van der Waals surface area contributed by atoms with Gasteiger partial charge in [-0.25, -0.2) is 4.98 Å². The first kappa shape index (κ1) is 12.3. The highest BCUT2D eigenvalue weighted by Gasteiger charge is 2.20. The topological polar surface area (TPSA) is 56.1 Å². The SMILES string of the molecule is CC(C)c1nsc(N2CCN(CC#N)CC2)n1. The monoisotopic (exact) mass is 251 g/mol. The highest BCUT2D eigenvalue weighted by Crippen LogP contribution is 2.22. The van der Waals surface area contributed by atoms with Crippen molar-refractivity contribution in [3.8, 4) is 6.07 Å². The number of piperazine rings is 1. The van der Waals surface area contributed by atoms with Gasteiger partial charge in [-0.2, -0.15) is 9.64 Å². The number of anilines is 1. The third-order valence-electron chi connectivity index (χ3n) is 2.88. The lowest BCUT2D eigenvalue weighted by atomic mass is 10.2. The van der Waals surface area contributed by atoms with Gasteiger partial charge in [0, 0.05) is 43.6 Å². The van der Waals surface area contributed by atoms with E-state index >= 15 is 0 Å². The van der Waals surface area contributed by atoms with Gasteiger partial charge in [0.1, 0.15) is 5.82 Å². The van der Waals surface area contributed by atoms with Crippen LogP contribution in [0.1, 0.15) is 25.6 Å². The second-order valence-corrected chi connectivity index (χ2v) is 5.24. The molecule has 0 unspecified atom stereocenters. The van der Waals surface area contributed by atoms with Gasteiger partial charge in [-0.1, -0.05) is 13.8 Å². The summed E-state index contributed by atoms with van der Waals surface area (Å²) in [5, 5.41) is 9.66. The summed E-state index contributed by atoms with van der Waals surface area (Å²) >= 11 is 1.48. The molecule has 1 aromatic heterocycles. The summed E-state index contributed by atoms with van der Waals surface area (Å²) in [6.07, 6.45) is 0. The van der Waals surface area contributed by atoms with Crippen LogP contribution in [0.3, 0.4) is 0 Å². The number of nitriles is 1. The molecule has 2 rings (SSSR count). The standard InChI is InChI=1S/C11H17N5S/c1-9(2)10-13-11(17-14-10)16-7-5-15(4-3-12)6-8-16/h9H,4-8H2,1-2H3. The molecular formula is C11H17N5S. The normalized spacial score (nSPS) is 17.4. The van der Waals surface area contributed by atoms with Crippen molar-refractivity contribution in [2.45, 2.75) is 19.8 Å². The van der Waals surface area contributed by atoms with E-state index in [-0.39, 0.29) is 0 Å². The maximum absolute atomic E-state index is 8.64. The third kappa shape index (κ3) is 2.93. The second-order valence-electron chi connectivity index (χ2n) is 4.51. The summed E-state index contributed by atoms with van der Waals surface area (Å²) in [4.78, 5) is 8.98. The number of nitrogens with zero attached hydrogens (tertiary/aromatic N) is 5. The number of rotatable bonds is 3. The molecule has 1 aromatic rings. The first-order valence-electron chi connectivity index (χ1n) is 5.88. The van der Waals surface area contributed by atoms with Crippen LogP contribution in [0.5, 0.6) is 0 Å². The first-order chi connectivity index (χ1) is 8.20. The van der Waals surface area contributed by atoms with Crippen LogP contribution in [0.2, 0.25) is 0 Å². The zero-order valence-corrected chi connectivity index (χ0v) is 11.1. The van der Waals surface area contributed by atoms with E-state index in [0.717, 1.165) is 37.1 Å². The van der Waals surface area contributed by atoms with Gasteiger partial charge in [0.2, 0.25) is 5.13 Å². The minimum Gasteiger partial charge on any atom is -0.344 e. The summed E-state index contributed by atoms with van der Waals surface area (Å²) in [7, 11) is 0. The van der Waals surface area contributed by atoms with Gasteiger partial charge >= 0.3 is 0 Å². The Labute approximate surface area is 106 Å². The van der Waals surface area contributed by atoms with E-state index in [1.807, 2.05) is 0 Å². The van der Waals surface area contributed by atoms with E-state index in [0.29, 0.717) is 12.5 Å². The van der Waals surface area contributed by atoms with Crippen LogP contribution in [0.4, 0.5) is 5.13 Å². The molecule has 0 radical (unpaired) electrons. The minimum atomic E-state index is 0.389. The molecular weight excluding hydrogens is 234 g/mol. The molecule has 0 atom stereocenters. The molecule has 0 amide bonds. The third-order valence-corrected chi connectivity index (χ3v) is 3.68. The second kappa shape index (κ2) is 5.43. The lowest BCUT2D eigenvalue weighted by Crippen LogP contribution is -2.46. The van der Waals surface area contributed by atoms with Crippen LogP contribution in [-0.4, -0.2) is 47.0 Å². The Bertz CT molecular complexity index is 400. The molecule has 0 saturated carbocycles. The number of hydrogen-bond donors (Lipinski definition) is 0. The van der Waals surface area contributed by atoms with Crippen molar-refractivity contribution in [1.29, 1.82) is 5.26 Å². The lowest BCUT2D eigenvalue weighted by molar-refractivity contribution is 0.287. The van der Waals surface area contributed by atoms with Crippen LogP contribution in [0, 0.1) is 11.3 Å². The van der Waals surface area contributed by atoms with E-state index in [1.165, 1.54) is 11.5 Å². The summed E-state index contributed by atoms with van der Waals surface area (Å²) in [5.74, 6) is 1.32. The molecule has 17 heavy (non-hydrogen) atoms. The van der Waals surface area contributed by atoms with E-state index in [4.69, 9.17) is 5.26 Å². The smallest absolute Gasteiger partial charge is 0.205 e. The molecule has 0 aromatic carbocycles. The molecule has 0 aliphatic carbocycles. The van der Waals surface area contributed by atoms with Crippen molar-refractivity contribution in [3.05, 3.63) is 5.82 Å². The molecule has 1 aliphatic rings. The van der Waals surface area contributed by atoms with Gasteiger partial charge in [0.05, 0.1) is 12.6 Å². The van der Waals surface area contributed by atoms with Crippen LogP contribution in [-0.2, 0) is 0 Å². The quantitative estimate of drug-likeness (QED) is 0.758. The summed E-state index contributed by atoms with van der Waals surface area (Å²) in [6, 6.07) is 2.19. The molecule has 0 N–H and O–H groups in total. The van der Waals surface area contributed by atoms with Crippen molar-refractivity contribution in [3.63, 3.8) is 0 Å². The molecule has 1 aliphatic heterocycles. The fourth-order valence-electron chi connectivity index (χ4n) is 1.79. The largest absolute Gasteiger partial charge is 0.344 e. The van der Waals surface area contributed by atoms with Crippen molar-refractivity contribution in [1.82, 2.24) is 14.3 Å². The lowest BCUT2D eigenvalue weighted by Gasteiger charge is -2.32. The first-order valence-corrected chi connectivity index (χ1v) is 6.66. The average Bonchev–Trinajstić information content (AvgIpc) is 2.80. The summed E-state index contributed by atoms with van der Waals surface area (Å²) in [6.45, 7) is 8.49. The zero-order valence-electron chi connectivity index (χ0n) is 10.3. The van der Waals surface area contributed by atoms with Crippen LogP contribution >= 0.6 is 11.5 Å². The van der Waals surface area contributed by atoms with Gasteiger partial charge in [-0.05, 0) is 0 Å². The van der Waals surface area contributed by atoms with Gasteiger partial charge < -0.3 is 4.90 Å². The number of aromatic nitrogens is 2. The highest BCUT2D eigenvalue weighted by atomic mass is 32.1. The number of hydrogen-bond acceptors (Lipinski definition) is 6. The van der Waals surface area contributed by atoms with Crippen LogP contribution in [0.15, 0.2) is 0 Å². The van der Waals surface area contributed by atoms with Gasteiger partial charge in [-0.3, -0.25) is 4.90 Å². The fourth-order valence-corrected chi connectivity index (χ4v) is 2.65. The molecule has 2 heterocycles. The summed E-state index contributed by atoms with van der Waals surface area (Å²) < 4.78 is 4.37. The maximum Gasteiger partial charge on any atom is 0.205 e. The molecule has 92 valence electrons. The molecule has 0 spiro atoms. The average molecular weight is 251 g/mol. The minimum absolute atomic E-state index is 0.389. The van der Waals surface area contributed by atoms with E-state index in [1.54, 1.807) is 0 Å². The van der Waals surface area contributed by atoms with Gasteiger partial charge in [0.25, 0.3) is 0 Å². The maximum atomic E-state index is 8.64. The van der Waals surface area contributed by atoms with Crippen molar-refractivity contribution >= 4 is 16.7 Å². The Balaban J connectivity index is 1.94. The van der Waals surface area contributed by atoms with Gasteiger partial charge in [-0.15, -0.1) is 0 Å². The molecule has 1 saturated heterocycles. The Morgan fingerprint density at radius 2 is 2.06 bits per heavy atom. The molecule has 6 heteroatoms.